The SMILES string of the molecule is CCCCC1CCC(C(=O)Nc2ccc(C(=O)C(Br)CCC)cc2OCC)CC1. The van der Waals surface area contributed by atoms with Crippen LogP contribution in [0.25, 0.3) is 0 Å². The van der Waals surface area contributed by atoms with Crippen LogP contribution >= 0.6 is 15.9 Å². The van der Waals surface area contributed by atoms with Gasteiger partial charge < -0.3 is 10.1 Å². The summed E-state index contributed by atoms with van der Waals surface area (Å²) in [4.78, 5) is 25.2. The normalized spacial score (nSPS) is 20.1. The lowest BCUT2D eigenvalue weighted by molar-refractivity contribution is -0.121. The second-order valence-corrected chi connectivity index (χ2v) is 9.22. The van der Waals surface area contributed by atoms with Crippen molar-refractivity contribution in [2.45, 2.75) is 83.4 Å². The fourth-order valence-electron chi connectivity index (χ4n) is 4.06. The third-order valence-corrected chi connectivity index (χ3v) is 6.71. The number of Topliss-reactive ketones (excluding diaryl/α,β-unsaturated/α-hetero) is 1. The van der Waals surface area contributed by atoms with Crippen molar-refractivity contribution in [2.24, 2.45) is 11.8 Å². The summed E-state index contributed by atoms with van der Waals surface area (Å²) >= 11 is 3.47. The number of hydrogen-bond acceptors (Lipinski definition) is 3. The van der Waals surface area contributed by atoms with Crippen LogP contribution in [0.1, 0.15) is 88.9 Å². The zero-order valence-electron chi connectivity index (χ0n) is 18.1. The number of carbonyl (C=O) groups excluding carboxylic acids is 2. The van der Waals surface area contributed by atoms with E-state index in [1.165, 1.54) is 19.3 Å². The van der Waals surface area contributed by atoms with E-state index >= 15 is 0 Å². The Balaban J connectivity index is 2.02. The van der Waals surface area contributed by atoms with Gasteiger partial charge in [0.05, 0.1) is 17.1 Å². The molecule has 0 saturated heterocycles. The number of ether oxygens (including phenoxy) is 1. The molecule has 0 aromatic heterocycles. The topological polar surface area (TPSA) is 55.4 Å². The van der Waals surface area contributed by atoms with Gasteiger partial charge in [-0.2, -0.15) is 0 Å². The highest BCUT2D eigenvalue weighted by atomic mass is 79.9. The monoisotopic (exact) mass is 465 g/mol. The Bertz CT molecular complexity index is 668. The van der Waals surface area contributed by atoms with Gasteiger partial charge in [0, 0.05) is 11.5 Å². The third kappa shape index (κ3) is 7.13. The molecule has 0 aliphatic heterocycles. The van der Waals surface area contributed by atoms with E-state index in [-0.39, 0.29) is 22.4 Å². The number of alkyl halides is 1. The Labute approximate surface area is 184 Å². The summed E-state index contributed by atoms with van der Waals surface area (Å²) in [6.45, 7) is 6.68. The van der Waals surface area contributed by atoms with Crippen LogP contribution in [0, 0.1) is 11.8 Å². The summed E-state index contributed by atoms with van der Waals surface area (Å²) in [6, 6.07) is 5.34. The summed E-state index contributed by atoms with van der Waals surface area (Å²) in [5.41, 5.74) is 1.27. The first-order valence-corrected chi connectivity index (χ1v) is 12.2. The highest BCUT2D eigenvalue weighted by Gasteiger charge is 2.27. The molecule has 0 radical (unpaired) electrons. The van der Waals surface area contributed by atoms with Gasteiger partial charge in [-0.1, -0.05) is 55.5 Å². The van der Waals surface area contributed by atoms with E-state index in [2.05, 4.69) is 35.1 Å². The number of hydrogen-bond donors (Lipinski definition) is 1. The maximum atomic E-state index is 12.8. The van der Waals surface area contributed by atoms with Crippen molar-refractivity contribution in [3.63, 3.8) is 0 Å². The molecule has 1 atom stereocenters. The van der Waals surface area contributed by atoms with Crippen molar-refractivity contribution in [3.05, 3.63) is 23.8 Å². The number of halogens is 1. The van der Waals surface area contributed by atoms with Crippen molar-refractivity contribution in [1.29, 1.82) is 0 Å². The minimum Gasteiger partial charge on any atom is -0.492 e. The van der Waals surface area contributed by atoms with Crippen LogP contribution in [-0.2, 0) is 4.79 Å². The average Bonchev–Trinajstić information content (AvgIpc) is 2.73. The largest absolute Gasteiger partial charge is 0.492 e. The molecule has 1 aromatic carbocycles. The van der Waals surface area contributed by atoms with E-state index in [1.807, 2.05) is 6.92 Å². The van der Waals surface area contributed by atoms with E-state index in [0.29, 0.717) is 23.6 Å². The fourth-order valence-corrected chi connectivity index (χ4v) is 4.78. The lowest BCUT2D eigenvalue weighted by atomic mass is 9.79. The van der Waals surface area contributed by atoms with E-state index in [1.54, 1.807) is 18.2 Å². The number of rotatable bonds is 11. The van der Waals surface area contributed by atoms with Crippen LogP contribution in [0.15, 0.2) is 18.2 Å². The van der Waals surface area contributed by atoms with E-state index in [0.717, 1.165) is 44.4 Å². The number of carbonyl (C=O) groups is 2. The third-order valence-electron chi connectivity index (χ3n) is 5.83. The summed E-state index contributed by atoms with van der Waals surface area (Å²) in [7, 11) is 0. The van der Waals surface area contributed by atoms with Crippen molar-refractivity contribution >= 4 is 33.3 Å². The maximum absolute atomic E-state index is 12.8. The van der Waals surface area contributed by atoms with Gasteiger partial charge in [-0.25, -0.2) is 0 Å². The molecule has 1 amide bonds. The molecule has 4 nitrogen and oxygen atoms in total. The number of ketones is 1. The molecule has 1 aliphatic carbocycles. The quantitative estimate of drug-likeness (QED) is 0.289. The highest BCUT2D eigenvalue weighted by molar-refractivity contribution is 9.10. The van der Waals surface area contributed by atoms with Crippen LogP contribution in [0.4, 0.5) is 5.69 Å². The predicted octanol–water partition coefficient (Wildman–Crippen LogP) is 6.77. The van der Waals surface area contributed by atoms with Gasteiger partial charge in [0.25, 0.3) is 0 Å². The summed E-state index contributed by atoms with van der Waals surface area (Å²) in [6.07, 6.45) is 9.78. The second-order valence-electron chi connectivity index (χ2n) is 8.11. The smallest absolute Gasteiger partial charge is 0.227 e. The number of anilines is 1. The van der Waals surface area contributed by atoms with E-state index in [9.17, 15) is 9.59 Å². The van der Waals surface area contributed by atoms with Crippen LogP contribution in [0.3, 0.4) is 0 Å². The molecule has 1 fully saturated rings. The molecule has 2 rings (SSSR count). The molecule has 1 N–H and O–H groups in total. The van der Waals surface area contributed by atoms with Gasteiger partial charge in [0.1, 0.15) is 5.75 Å². The molecule has 5 heteroatoms. The minimum absolute atomic E-state index is 0.0519. The zero-order chi connectivity index (χ0) is 21.2. The van der Waals surface area contributed by atoms with Crippen LogP contribution in [-0.4, -0.2) is 23.1 Å². The van der Waals surface area contributed by atoms with Gasteiger partial charge in [0.2, 0.25) is 5.91 Å². The molecule has 162 valence electrons. The maximum Gasteiger partial charge on any atom is 0.227 e. The van der Waals surface area contributed by atoms with Gasteiger partial charge in [0.15, 0.2) is 5.78 Å². The lowest BCUT2D eigenvalue weighted by Crippen LogP contribution is -2.27. The molecule has 1 aromatic rings. The Morgan fingerprint density at radius 2 is 1.86 bits per heavy atom. The Hall–Kier alpha value is -1.36. The summed E-state index contributed by atoms with van der Waals surface area (Å²) < 4.78 is 5.73. The Morgan fingerprint density at radius 1 is 1.14 bits per heavy atom. The number of unbranched alkanes of at least 4 members (excludes halogenated alkanes) is 1. The average molecular weight is 466 g/mol. The predicted molar refractivity (Wildman–Crippen MR) is 123 cm³/mol. The number of amides is 1. The molecule has 0 spiro atoms. The van der Waals surface area contributed by atoms with E-state index < -0.39 is 0 Å². The lowest BCUT2D eigenvalue weighted by Gasteiger charge is -2.28. The molecular formula is C24H36BrNO3. The molecular weight excluding hydrogens is 430 g/mol. The van der Waals surface area contributed by atoms with Crippen molar-refractivity contribution in [2.75, 3.05) is 11.9 Å². The Kier molecular flexibility index (Phi) is 10.2. The van der Waals surface area contributed by atoms with Gasteiger partial charge in [-0.05, 0) is 63.1 Å². The molecule has 29 heavy (non-hydrogen) atoms. The van der Waals surface area contributed by atoms with Crippen molar-refractivity contribution in [1.82, 2.24) is 0 Å². The van der Waals surface area contributed by atoms with E-state index in [4.69, 9.17) is 4.74 Å². The zero-order valence-corrected chi connectivity index (χ0v) is 19.7. The van der Waals surface area contributed by atoms with Gasteiger partial charge in [-0.15, -0.1) is 0 Å². The highest BCUT2D eigenvalue weighted by Crippen LogP contribution is 2.34. The fraction of sp³-hybridized carbons (Fsp3) is 0.667. The summed E-state index contributed by atoms with van der Waals surface area (Å²) in [5.74, 6) is 1.54. The molecule has 1 unspecified atom stereocenters. The summed E-state index contributed by atoms with van der Waals surface area (Å²) in [5, 5.41) is 3.06. The standard InChI is InChI=1S/C24H36BrNO3/c1-4-7-9-17-10-12-18(13-11-17)24(28)26-21-15-14-19(16-22(21)29-6-3)23(27)20(25)8-5-2/h14-18,20H,4-13H2,1-3H3,(H,26,28). The number of benzene rings is 1. The first-order chi connectivity index (χ1) is 14.0. The first-order valence-electron chi connectivity index (χ1n) is 11.3. The van der Waals surface area contributed by atoms with Crippen LogP contribution < -0.4 is 10.1 Å². The first kappa shape index (κ1) is 23.9. The molecule has 0 bridgehead atoms. The second kappa shape index (κ2) is 12.4. The van der Waals surface area contributed by atoms with Crippen LogP contribution in [0.2, 0.25) is 0 Å². The van der Waals surface area contributed by atoms with Gasteiger partial charge >= 0.3 is 0 Å². The molecule has 1 saturated carbocycles. The molecule has 1 aliphatic rings. The van der Waals surface area contributed by atoms with Gasteiger partial charge in [-0.3, -0.25) is 9.59 Å². The minimum atomic E-state index is -0.190. The number of nitrogens with one attached hydrogen (secondary N) is 1. The molecule has 0 heterocycles. The Morgan fingerprint density at radius 3 is 2.48 bits per heavy atom. The van der Waals surface area contributed by atoms with Crippen LogP contribution in [0.5, 0.6) is 5.75 Å². The van der Waals surface area contributed by atoms with Crippen molar-refractivity contribution in [3.8, 4) is 5.75 Å². The van der Waals surface area contributed by atoms with Crippen molar-refractivity contribution < 1.29 is 14.3 Å².